The smallest absolute Gasteiger partial charge is 0.356 e. The maximum Gasteiger partial charge on any atom is 0.390 e. The summed E-state index contributed by atoms with van der Waals surface area (Å²) in [6.45, 7) is 6.37. The molecule has 0 aliphatic carbocycles. The first kappa shape index (κ1) is 22.8. The highest BCUT2D eigenvalue weighted by Crippen LogP contribution is 2.18. The molecule has 1 rings (SSSR count). The van der Waals surface area contributed by atoms with Crippen LogP contribution >= 0.6 is 24.0 Å². The van der Waals surface area contributed by atoms with E-state index in [1.807, 2.05) is 0 Å². The summed E-state index contributed by atoms with van der Waals surface area (Å²) in [6.07, 6.45) is -0.268. The van der Waals surface area contributed by atoms with E-state index in [2.05, 4.69) is 27.4 Å². The van der Waals surface area contributed by atoms with Gasteiger partial charge in [0.15, 0.2) is 5.96 Å². The van der Waals surface area contributed by atoms with Crippen LogP contribution in [0.2, 0.25) is 0 Å². The molecule has 23 heavy (non-hydrogen) atoms. The van der Waals surface area contributed by atoms with Gasteiger partial charge in [-0.25, -0.2) is 0 Å². The summed E-state index contributed by atoms with van der Waals surface area (Å²) in [4.78, 5) is 6.43. The van der Waals surface area contributed by atoms with Gasteiger partial charge in [0.25, 0.3) is 0 Å². The number of aliphatic imine (C=N–C) groups is 1. The number of hydrogen-bond acceptors (Lipinski definition) is 2. The molecule has 0 bridgehead atoms. The molecule has 4 nitrogen and oxygen atoms in total. The highest BCUT2D eigenvalue weighted by atomic mass is 127. The molecule has 1 aliphatic heterocycles. The summed E-state index contributed by atoms with van der Waals surface area (Å²) in [5.41, 5.74) is 0. The highest BCUT2D eigenvalue weighted by Gasteiger charge is 2.26. The minimum Gasteiger partial charge on any atom is -0.356 e. The van der Waals surface area contributed by atoms with E-state index in [9.17, 15) is 13.2 Å². The van der Waals surface area contributed by atoms with Gasteiger partial charge in [-0.2, -0.15) is 13.2 Å². The van der Waals surface area contributed by atoms with Crippen LogP contribution in [0.3, 0.4) is 0 Å². The third kappa shape index (κ3) is 11.9. The van der Waals surface area contributed by atoms with Crippen molar-refractivity contribution in [3.63, 3.8) is 0 Å². The zero-order valence-corrected chi connectivity index (χ0v) is 16.4. The normalized spacial score (nSPS) is 20.0. The van der Waals surface area contributed by atoms with Gasteiger partial charge in [-0.1, -0.05) is 6.92 Å². The van der Waals surface area contributed by atoms with Gasteiger partial charge in [-0.05, 0) is 44.7 Å². The van der Waals surface area contributed by atoms with E-state index in [0.717, 1.165) is 31.8 Å². The molecule has 0 aromatic rings. The molecule has 2 N–H and O–H groups in total. The second-order valence-electron chi connectivity index (χ2n) is 6.05. The molecule has 0 aromatic carbocycles. The number of unbranched alkanes of at least 4 members (excludes halogenated alkanes) is 1. The van der Waals surface area contributed by atoms with Crippen LogP contribution < -0.4 is 10.6 Å². The number of hydrogen-bond donors (Lipinski definition) is 2. The average molecular weight is 450 g/mol. The third-order valence-corrected chi connectivity index (χ3v) is 3.86. The molecule has 1 aliphatic rings. The lowest BCUT2D eigenvalue weighted by Gasteiger charge is -2.30. The van der Waals surface area contributed by atoms with E-state index in [0.29, 0.717) is 5.96 Å². The zero-order chi connectivity index (χ0) is 16.4. The van der Waals surface area contributed by atoms with Crippen molar-refractivity contribution in [2.24, 2.45) is 10.9 Å². The van der Waals surface area contributed by atoms with Crippen molar-refractivity contribution in [1.29, 1.82) is 0 Å². The molecule has 0 radical (unpaired) electrons. The van der Waals surface area contributed by atoms with E-state index in [-0.39, 0.29) is 30.5 Å². The summed E-state index contributed by atoms with van der Waals surface area (Å²) in [6, 6.07) is 0. The van der Waals surface area contributed by atoms with Crippen molar-refractivity contribution in [2.75, 3.05) is 39.8 Å². The first-order valence-electron chi connectivity index (χ1n) is 8.14. The second-order valence-corrected chi connectivity index (χ2v) is 6.05. The Kier molecular flexibility index (Phi) is 12.0. The van der Waals surface area contributed by atoms with Crippen molar-refractivity contribution in [2.45, 2.75) is 45.2 Å². The van der Waals surface area contributed by atoms with Crippen LogP contribution in [0.4, 0.5) is 13.2 Å². The Bertz CT molecular complexity index is 337. The van der Waals surface area contributed by atoms with Crippen LogP contribution in [-0.4, -0.2) is 56.8 Å². The van der Waals surface area contributed by atoms with Crippen LogP contribution in [-0.2, 0) is 0 Å². The van der Waals surface area contributed by atoms with Crippen LogP contribution in [0.1, 0.15) is 39.0 Å². The number of rotatable bonds is 7. The van der Waals surface area contributed by atoms with E-state index < -0.39 is 12.6 Å². The number of nitrogens with zero attached hydrogens (tertiary/aromatic N) is 2. The Balaban J connectivity index is 0.00000484. The molecule has 1 atom stereocenters. The maximum absolute atomic E-state index is 12.1. The quantitative estimate of drug-likeness (QED) is 0.271. The van der Waals surface area contributed by atoms with E-state index in [1.54, 1.807) is 7.05 Å². The third-order valence-electron chi connectivity index (χ3n) is 3.86. The topological polar surface area (TPSA) is 39.7 Å². The predicted octanol–water partition coefficient (Wildman–Crippen LogP) is 3.23. The van der Waals surface area contributed by atoms with Gasteiger partial charge in [0.2, 0.25) is 0 Å². The van der Waals surface area contributed by atoms with Crippen molar-refractivity contribution in [3.8, 4) is 0 Å². The lowest BCUT2D eigenvalue weighted by molar-refractivity contribution is -0.132. The van der Waals surface area contributed by atoms with Crippen LogP contribution in [0, 0.1) is 5.92 Å². The molecule has 0 aromatic heterocycles. The van der Waals surface area contributed by atoms with Gasteiger partial charge in [-0.3, -0.25) is 4.99 Å². The summed E-state index contributed by atoms with van der Waals surface area (Å²) in [7, 11) is 1.57. The fourth-order valence-electron chi connectivity index (χ4n) is 2.70. The number of halogens is 4. The first-order chi connectivity index (χ1) is 10.4. The SMILES string of the molecule is CN=C(NCCCCN1CCCC(C)C1)NCCC(F)(F)F.I. The standard InChI is InChI=1S/C15H29F3N4.HI/c1-13-6-5-11-22(12-13)10-4-3-8-20-14(19-2)21-9-7-15(16,17)18;/h13H,3-12H2,1-2H3,(H2,19,20,21);1H. The van der Waals surface area contributed by atoms with Gasteiger partial charge >= 0.3 is 6.18 Å². The maximum atomic E-state index is 12.1. The molecule has 8 heteroatoms. The first-order valence-corrected chi connectivity index (χ1v) is 8.14. The number of guanidine groups is 1. The molecule has 1 saturated heterocycles. The average Bonchev–Trinajstić information content (AvgIpc) is 2.44. The summed E-state index contributed by atoms with van der Waals surface area (Å²) >= 11 is 0. The second kappa shape index (κ2) is 12.2. The molecule has 0 amide bonds. The summed E-state index contributed by atoms with van der Waals surface area (Å²) < 4.78 is 36.2. The summed E-state index contributed by atoms with van der Waals surface area (Å²) in [5.74, 6) is 1.24. The number of piperidine rings is 1. The molecular formula is C15H30F3IN4. The minimum atomic E-state index is -4.13. The minimum absolute atomic E-state index is 0. The molecule has 1 heterocycles. The van der Waals surface area contributed by atoms with Crippen molar-refractivity contribution in [3.05, 3.63) is 0 Å². The number of likely N-dealkylation sites (tertiary alicyclic amines) is 1. The Morgan fingerprint density at radius 2 is 1.91 bits per heavy atom. The van der Waals surface area contributed by atoms with Gasteiger partial charge in [0.05, 0.1) is 6.42 Å². The monoisotopic (exact) mass is 450 g/mol. The Labute approximate surface area is 154 Å². The fraction of sp³-hybridized carbons (Fsp3) is 0.933. The van der Waals surface area contributed by atoms with Crippen molar-refractivity contribution < 1.29 is 13.2 Å². The van der Waals surface area contributed by atoms with Crippen LogP contribution in [0.5, 0.6) is 0 Å². The Morgan fingerprint density at radius 3 is 2.52 bits per heavy atom. The number of alkyl halides is 3. The Hall–Kier alpha value is -0.250. The molecule has 0 spiro atoms. The van der Waals surface area contributed by atoms with Gasteiger partial charge in [-0.15, -0.1) is 24.0 Å². The highest BCUT2D eigenvalue weighted by molar-refractivity contribution is 14.0. The number of nitrogens with one attached hydrogen (secondary N) is 2. The predicted molar refractivity (Wildman–Crippen MR) is 99.5 cm³/mol. The van der Waals surface area contributed by atoms with Gasteiger partial charge in [0, 0.05) is 26.7 Å². The fourth-order valence-corrected chi connectivity index (χ4v) is 2.70. The van der Waals surface area contributed by atoms with Crippen molar-refractivity contribution in [1.82, 2.24) is 15.5 Å². The zero-order valence-electron chi connectivity index (χ0n) is 14.1. The lowest BCUT2D eigenvalue weighted by atomic mass is 10.0. The summed E-state index contributed by atoms with van der Waals surface area (Å²) in [5, 5.41) is 5.74. The molecule has 1 unspecified atom stereocenters. The molecule has 1 fully saturated rings. The van der Waals surface area contributed by atoms with E-state index in [1.165, 1.54) is 25.9 Å². The van der Waals surface area contributed by atoms with E-state index >= 15 is 0 Å². The van der Waals surface area contributed by atoms with E-state index in [4.69, 9.17) is 0 Å². The molecule has 0 saturated carbocycles. The van der Waals surface area contributed by atoms with Crippen molar-refractivity contribution >= 4 is 29.9 Å². The molecule has 138 valence electrons. The van der Waals surface area contributed by atoms with Gasteiger partial charge in [0.1, 0.15) is 0 Å². The van der Waals surface area contributed by atoms with Crippen LogP contribution in [0.25, 0.3) is 0 Å². The largest absolute Gasteiger partial charge is 0.390 e. The molecular weight excluding hydrogens is 420 g/mol. The van der Waals surface area contributed by atoms with Crippen LogP contribution in [0.15, 0.2) is 4.99 Å². The van der Waals surface area contributed by atoms with Gasteiger partial charge < -0.3 is 15.5 Å². The lowest BCUT2D eigenvalue weighted by Crippen LogP contribution is -2.39. The Morgan fingerprint density at radius 1 is 1.22 bits per heavy atom.